The summed E-state index contributed by atoms with van der Waals surface area (Å²) >= 11 is 0. The molecule has 1 saturated heterocycles. The molecule has 23 heavy (non-hydrogen) atoms. The molecule has 3 rings (SSSR count). The minimum absolute atomic E-state index is 0.0109. The molecule has 1 saturated carbocycles. The molecule has 0 radical (unpaired) electrons. The molecule has 5 nitrogen and oxygen atoms in total. The van der Waals surface area contributed by atoms with Crippen molar-refractivity contribution < 1.29 is 14.7 Å². The zero-order valence-corrected chi connectivity index (χ0v) is 13.5. The van der Waals surface area contributed by atoms with Gasteiger partial charge in [0.1, 0.15) is 5.75 Å². The zero-order chi connectivity index (χ0) is 16.4. The number of nitrogens with one attached hydrogen (secondary N) is 1. The van der Waals surface area contributed by atoms with E-state index < -0.39 is 0 Å². The van der Waals surface area contributed by atoms with Crippen LogP contribution in [0.15, 0.2) is 18.2 Å². The van der Waals surface area contributed by atoms with Crippen molar-refractivity contribution in [3.05, 3.63) is 29.3 Å². The molecule has 2 fully saturated rings. The van der Waals surface area contributed by atoms with Crippen LogP contribution in [0, 0.1) is 12.8 Å². The minimum Gasteiger partial charge on any atom is -0.507 e. The van der Waals surface area contributed by atoms with Gasteiger partial charge in [-0.2, -0.15) is 0 Å². The Morgan fingerprint density at radius 2 is 2.09 bits per heavy atom. The molecule has 1 atom stereocenters. The third kappa shape index (κ3) is 3.49. The molecule has 2 N–H and O–H groups in total. The monoisotopic (exact) mass is 316 g/mol. The highest BCUT2D eigenvalue weighted by Crippen LogP contribution is 2.29. The molecule has 5 heteroatoms. The van der Waals surface area contributed by atoms with Crippen LogP contribution in [0.25, 0.3) is 0 Å². The first kappa shape index (κ1) is 15.8. The Kier molecular flexibility index (Phi) is 4.55. The van der Waals surface area contributed by atoms with Gasteiger partial charge in [-0.1, -0.05) is 24.5 Å². The highest BCUT2D eigenvalue weighted by atomic mass is 16.3. The lowest BCUT2D eigenvalue weighted by Crippen LogP contribution is -2.36. The molecule has 0 bridgehead atoms. The zero-order valence-electron chi connectivity index (χ0n) is 13.5. The molecule has 1 unspecified atom stereocenters. The highest BCUT2D eigenvalue weighted by Gasteiger charge is 2.35. The van der Waals surface area contributed by atoms with E-state index in [4.69, 9.17) is 0 Å². The second-order valence-electron chi connectivity index (χ2n) is 6.79. The van der Waals surface area contributed by atoms with Crippen LogP contribution in [0.3, 0.4) is 0 Å². The molecule has 1 aromatic rings. The van der Waals surface area contributed by atoms with E-state index in [0.717, 1.165) is 24.9 Å². The fraction of sp³-hybridized carbons (Fsp3) is 0.556. The molecular weight excluding hydrogens is 292 g/mol. The summed E-state index contributed by atoms with van der Waals surface area (Å²) < 4.78 is 0. The van der Waals surface area contributed by atoms with Gasteiger partial charge in [0.2, 0.25) is 5.91 Å². The molecule has 0 aromatic heterocycles. The first-order valence-electron chi connectivity index (χ1n) is 8.42. The number of rotatable bonds is 4. The Bertz CT molecular complexity index is 608. The van der Waals surface area contributed by atoms with Crippen LogP contribution in [0.5, 0.6) is 5.75 Å². The van der Waals surface area contributed by atoms with E-state index in [0.29, 0.717) is 24.6 Å². The fourth-order valence-electron chi connectivity index (χ4n) is 3.68. The summed E-state index contributed by atoms with van der Waals surface area (Å²) in [6.45, 7) is 3.09. The first-order chi connectivity index (χ1) is 11.0. The molecule has 2 aliphatic rings. The van der Waals surface area contributed by atoms with Crippen molar-refractivity contribution in [1.82, 2.24) is 10.2 Å². The quantitative estimate of drug-likeness (QED) is 0.895. The number of hydrogen-bond acceptors (Lipinski definition) is 3. The lowest BCUT2D eigenvalue weighted by atomic mass is 10.1. The molecule has 124 valence electrons. The summed E-state index contributed by atoms with van der Waals surface area (Å²) in [4.78, 5) is 26.4. The number of likely N-dealkylation sites (tertiary alicyclic amines) is 1. The van der Waals surface area contributed by atoms with Crippen molar-refractivity contribution in [2.75, 3.05) is 13.1 Å². The maximum atomic E-state index is 12.2. The standard InChI is InChI=1S/C18H24N2O3/c1-12-6-7-16(21)15(8-12)18(23)19-10-13-9-17(22)20(11-13)14-4-2-3-5-14/h6-8,13-14,21H,2-5,9-11H2,1H3,(H,19,23). The third-order valence-electron chi connectivity index (χ3n) is 4.95. The van der Waals surface area contributed by atoms with Gasteiger partial charge in [-0.15, -0.1) is 0 Å². The van der Waals surface area contributed by atoms with Crippen LogP contribution in [0.2, 0.25) is 0 Å². The fourth-order valence-corrected chi connectivity index (χ4v) is 3.68. The number of phenolic OH excluding ortho intramolecular Hbond substituents is 1. The van der Waals surface area contributed by atoms with E-state index in [2.05, 4.69) is 5.32 Å². The normalized spacial score (nSPS) is 21.9. The van der Waals surface area contributed by atoms with Gasteiger partial charge in [-0.25, -0.2) is 0 Å². The van der Waals surface area contributed by atoms with E-state index in [-0.39, 0.29) is 23.5 Å². The number of nitrogens with zero attached hydrogens (tertiary/aromatic N) is 1. The topological polar surface area (TPSA) is 69.6 Å². The van der Waals surface area contributed by atoms with E-state index in [1.54, 1.807) is 12.1 Å². The molecule has 1 aliphatic carbocycles. The molecule has 1 aromatic carbocycles. The number of amides is 2. The van der Waals surface area contributed by atoms with Gasteiger partial charge in [0.05, 0.1) is 5.56 Å². The largest absolute Gasteiger partial charge is 0.507 e. The summed E-state index contributed by atoms with van der Waals surface area (Å²) in [5.74, 6) is 0.0923. The number of phenols is 1. The summed E-state index contributed by atoms with van der Waals surface area (Å²) in [6, 6.07) is 5.38. The van der Waals surface area contributed by atoms with Crippen LogP contribution in [0.1, 0.15) is 48.0 Å². The van der Waals surface area contributed by atoms with Gasteiger partial charge >= 0.3 is 0 Å². The van der Waals surface area contributed by atoms with Crippen molar-refractivity contribution in [1.29, 1.82) is 0 Å². The lowest BCUT2D eigenvalue weighted by molar-refractivity contribution is -0.129. The smallest absolute Gasteiger partial charge is 0.255 e. The second-order valence-corrected chi connectivity index (χ2v) is 6.79. The van der Waals surface area contributed by atoms with Crippen molar-refractivity contribution in [3.8, 4) is 5.75 Å². The van der Waals surface area contributed by atoms with E-state index in [1.807, 2.05) is 11.8 Å². The summed E-state index contributed by atoms with van der Waals surface area (Å²) in [5.41, 5.74) is 1.22. The molecule has 0 spiro atoms. The molecule has 1 heterocycles. The van der Waals surface area contributed by atoms with Gasteiger partial charge in [-0.3, -0.25) is 9.59 Å². The van der Waals surface area contributed by atoms with Gasteiger partial charge in [0.25, 0.3) is 5.91 Å². The Morgan fingerprint density at radius 1 is 1.35 bits per heavy atom. The minimum atomic E-state index is -0.280. The van der Waals surface area contributed by atoms with Crippen LogP contribution < -0.4 is 5.32 Å². The second kappa shape index (κ2) is 6.60. The lowest BCUT2D eigenvalue weighted by Gasteiger charge is -2.24. The van der Waals surface area contributed by atoms with Crippen molar-refractivity contribution >= 4 is 11.8 Å². The van der Waals surface area contributed by atoms with Crippen molar-refractivity contribution in [3.63, 3.8) is 0 Å². The van der Waals surface area contributed by atoms with Crippen LogP contribution >= 0.6 is 0 Å². The first-order valence-corrected chi connectivity index (χ1v) is 8.42. The number of hydrogen-bond donors (Lipinski definition) is 2. The molecule has 2 amide bonds. The average Bonchev–Trinajstić information content (AvgIpc) is 3.16. The third-order valence-corrected chi connectivity index (χ3v) is 4.95. The van der Waals surface area contributed by atoms with Crippen LogP contribution in [0.4, 0.5) is 0 Å². The predicted molar refractivity (Wildman–Crippen MR) is 87.3 cm³/mol. The molecular formula is C18H24N2O3. The van der Waals surface area contributed by atoms with E-state index in [9.17, 15) is 14.7 Å². The summed E-state index contributed by atoms with van der Waals surface area (Å²) in [5, 5.41) is 12.7. The van der Waals surface area contributed by atoms with Gasteiger partial charge in [0.15, 0.2) is 0 Å². The van der Waals surface area contributed by atoms with Crippen molar-refractivity contribution in [2.45, 2.75) is 45.1 Å². The predicted octanol–water partition coefficient (Wildman–Crippen LogP) is 2.22. The maximum absolute atomic E-state index is 12.2. The number of benzene rings is 1. The van der Waals surface area contributed by atoms with Gasteiger partial charge in [-0.05, 0) is 31.9 Å². The van der Waals surface area contributed by atoms with E-state index >= 15 is 0 Å². The van der Waals surface area contributed by atoms with Crippen molar-refractivity contribution in [2.24, 2.45) is 5.92 Å². The number of carbonyl (C=O) groups excluding carboxylic acids is 2. The van der Waals surface area contributed by atoms with Gasteiger partial charge in [0, 0.05) is 31.5 Å². The Morgan fingerprint density at radius 3 is 2.83 bits per heavy atom. The summed E-state index contributed by atoms with van der Waals surface area (Å²) in [6.07, 6.45) is 5.16. The highest BCUT2D eigenvalue weighted by molar-refractivity contribution is 5.97. The Hall–Kier alpha value is -2.04. The van der Waals surface area contributed by atoms with Crippen LogP contribution in [-0.2, 0) is 4.79 Å². The summed E-state index contributed by atoms with van der Waals surface area (Å²) in [7, 11) is 0. The maximum Gasteiger partial charge on any atom is 0.255 e. The number of aryl methyl sites for hydroxylation is 1. The number of carbonyl (C=O) groups is 2. The van der Waals surface area contributed by atoms with Gasteiger partial charge < -0.3 is 15.3 Å². The van der Waals surface area contributed by atoms with Crippen LogP contribution in [-0.4, -0.2) is 41.0 Å². The Balaban J connectivity index is 1.55. The molecule has 1 aliphatic heterocycles. The average molecular weight is 316 g/mol. The Labute approximate surface area is 136 Å². The van der Waals surface area contributed by atoms with E-state index in [1.165, 1.54) is 18.9 Å². The number of aromatic hydroxyl groups is 1. The SMILES string of the molecule is Cc1ccc(O)c(C(=O)NCC2CC(=O)N(C3CCCC3)C2)c1.